The molecule has 1 aromatic carbocycles. The maximum atomic E-state index is 12.2. The third-order valence-corrected chi connectivity index (χ3v) is 3.62. The molecule has 0 unspecified atom stereocenters. The van der Waals surface area contributed by atoms with E-state index in [1.807, 2.05) is 12.1 Å². The van der Waals surface area contributed by atoms with Crippen molar-refractivity contribution in [2.75, 3.05) is 11.0 Å². The van der Waals surface area contributed by atoms with Gasteiger partial charge in [0.25, 0.3) is 5.91 Å². The molecule has 1 aromatic heterocycles. The number of aromatic nitrogens is 1. The normalized spacial score (nSPS) is 11.0. The van der Waals surface area contributed by atoms with Gasteiger partial charge in [-0.1, -0.05) is 12.1 Å². The zero-order valence-electron chi connectivity index (χ0n) is 12.3. The van der Waals surface area contributed by atoms with Crippen LogP contribution in [0.15, 0.2) is 42.6 Å². The molecule has 0 saturated carbocycles. The van der Waals surface area contributed by atoms with Gasteiger partial charge in [-0.25, -0.2) is 8.42 Å². The molecule has 0 radical (unpaired) electrons. The fourth-order valence-corrected chi connectivity index (χ4v) is 2.58. The van der Waals surface area contributed by atoms with Crippen molar-refractivity contribution < 1.29 is 13.2 Å². The molecule has 0 saturated heterocycles. The van der Waals surface area contributed by atoms with Gasteiger partial charge in [-0.3, -0.25) is 14.5 Å². The standard InChI is InChI=1S/C15H17N3O3S/c1-11-13(7-5-8-14(11)18-22(2,20)21)15(19)17-10-12-6-3-4-9-16-12/h3-9,18H,10H2,1-2H3,(H,17,19). The second kappa shape index (κ2) is 6.57. The fraction of sp³-hybridized carbons (Fsp3) is 0.200. The molecule has 0 aliphatic heterocycles. The molecule has 0 fully saturated rings. The number of anilines is 1. The van der Waals surface area contributed by atoms with Crippen LogP contribution in [0.3, 0.4) is 0 Å². The summed E-state index contributed by atoms with van der Waals surface area (Å²) in [5.74, 6) is -0.277. The number of carbonyl (C=O) groups excluding carboxylic acids is 1. The predicted octanol–water partition coefficient (Wildman–Crippen LogP) is 1.69. The van der Waals surface area contributed by atoms with Crippen LogP contribution in [0.2, 0.25) is 0 Å². The molecule has 2 aromatic rings. The van der Waals surface area contributed by atoms with E-state index in [0.29, 0.717) is 23.4 Å². The summed E-state index contributed by atoms with van der Waals surface area (Å²) < 4.78 is 25.0. The van der Waals surface area contributed by atoms with Crippen LogP contribution in [-0.4, -0.2) is 25.6 Å². The van der Waals surface area contributed by atoms with E-state index in [0.717, 1.165) is 11.9 Å². The van der Waals surface area contributed by atoms with Crippen LogP contribution < -0.4 is 10.0 Å². The number of benzene rings is 1. The molecule has 7 heteroatoms. The molecule has 2 rings (SSSR count). The quantitative estimate of drug-likeness (QED) is 0.878. The highest BCUT2D eigenvalue weighted by atomic mass is 32.2. The van der Waals surface area contributed by atoms with Gasteiger partial charge in [0.05, 0.1) is 24.2 Å². The molecule has 0 atom stereocenters. The Morgan fingerprint density at radius 2 is 1.95 bits per heavy atom. The summed E-state index contributed by atoms with van der Waals surface area (Å²) in [5.41, 5.74) is 2.14. The molecule has 6 nitrogen and oxygen atoms in total. The number of carbonyl (C=O) groups is 1. The number of hydrogen-bond acceptors (Lipinski definition) is 4. The Labute approximate surface area is 129 Å². The summed E-state index contributed by atoms with van der Waals surface area (Å²) >= 11 is 0. The Hall–Kier alpha value is -2.41. The van der Waals surface area contributed by atoms with Gasteiger partial charge in [-0.2, -0.15) is 0 Å². The highest BCUT2D eigenvalue weighted by Gasteiger charge is 2.13. The van der Waals surface area contributed by atoms with Crippen LogP contribution in [0.4, 0.5) is 5.69 Å². The number of sulfonamides is 1. The number of nitrogens with one attached hydrogen (secondary N) is 2. The first-order valence-electron chi connectivity index (χ1n) is 6.62. The molecule has 1 heterocycles. The largest absolute Gasteiger partial charge is 0.346 e. The second-order valence-corrected chi connectivity index (χ2v) is 6.60. The third kappa shape index (κ3) is 4.29. The maximum absolute atomic E-state index is 12.2. The highest BCUT2D eigenvalue weighted by molar-refractivity contribution is 7.92. The zero-order chi connectivity index (χ0) is 16.2. The molecule has 22 heavy (non-hydrogen) atoms. The van der Waals surface area contributed by atoms with Crippen molar-refractivity contribution >= 4 is 21.6 Å². The van der Waals surface area contributed by atoms with Crippen molar-refractivity contribution in [2.24, 2.45) is 0 Å². The third-order valence-electron chi connectivity index (χ3n) is 3.03. The van der Waals surface area contributed by atoms with Crippen LogP contribution in [0, 0.1) is 6.92 Å². The van der Waals surface area contributed by atoms with Crippen molar-refractivity contribution in [3.8, 4) is 0 Å². The fourth-order valence-electron chi connectivity index (χ4n) is 1.96. The first-order valence-corrected chi connectivity index (χ1v) is 8.51. The van der Waals surface area contributed by atoms with Gasteiger partial charge < -0.3 is 5.32 Å². The van der Waals surface area contributed by atoms with E-state index in [1.54, 1.807) is 37.4 Å². The molecule has 116 valence electrons. The van der Waals surface area contributed by atoms with Gasteiger partial charge in [0.2, 0.25) is 10.0 Å². The van der Waals surface area contributed by atoms with E-state index < -0.39 is 10.0 Å². The van der Waals surface area contributed by atoms with E-state index in [-0.39, 0.29) is 5.91 Å². The average Bonchev–Trinajstić information content (AvgIpc) is 2.47. The van der Waals surface area contributed by atoms with Gasteiger partial charge in [0.15, 0.2) is 0 Å². The Kier molecular flexibility index (Phi) is 4.77. The Morgan fingerprint density at radius 1 is 1.18 bits per heavy atom. The maximum Gasteiger partial charge on any atom is 0.251 e. The summed E-state index contributed by atoms with van der Waals surface area (Å²) in [6.45, 7) is 2.01. The Morgan fingerprint density at radius 3 is 2.59 bits per heavy atom. The van der Waals surface area contributed by atoms with Crippen molar-refractivity contribution in [1.82, 2.24) is 10.3 Å². The Bertz CT molecular complexity index is 774. The average molecular weight is 319 g/mol. The lowest BCUT2D eigenvalue weighted by Gasteiger charge is -2.12. The van der Waals surface area contributed by atoms with E-state index in [9.17, 15) is 13.2 Å². The van der Waals surface area contributed by atoms with Gasteiger partial charge in [-0.05, 0) is 36.8 Å². The predicted molar refractivity (Wildman–Crippen MR) is 85.1 cm³/mol. The van der Waals surface area contributed by atoms with Crippen molar-refractivity contribution in [3.63, 3.8) is 0 Å². The number of amides is 1. The van der Waals surface area contributed by atoms with Crippen LogP contribution in [-0.2, 0) is 16.6 Å². The molecule has 1 amide bonds. The molecule has 0 aliphatic rings. The van der Waals surface area contributed by atoms with Crippen LogP contribution in [0.5, 0.6) is 0 Å². The van der Waals surface area contributed by atoms with Crippen LogP contribution >= 0.6 is 0 Å². The number of rotatable bonds is 5. The van der Waals surface area contributed by atoms with Crippen LogP contribution in [0.25, 0.3) is 0 Å². The molecule has 2 N–H and O–H groups in total. The molecule has 0 aliphatic carbocycles. The minimum Gasteiger partial charge on any atom is -0.346 e. The molecule has 0 bridgehead atoms. The van der Waals surface area contributed by atoms with Crippen molar-refractivity contribution in [3.05, 3.63) is 59.4 Å². The van der Waals surface area contributed by atoms with E-state index in [4.69, 9.17) is 0 Å². The smallest absolute Gasteiger partial charge is 0.251 e. The first kappa shape index (κ1) is 16.0. The summed E-state index contributed by atoms with van der Waals surface area (Å²) in [6.07, 6.45) is 2.73. The number of hydrogen-bond donors (Lipinski definition) is 2. The number of nitrogens with zero attached hydrogens (tertiary/aromatic N) is 1. The monoisotopic (exact) mass is 319 g/mol. The zero-order valence-corrected chi connectivity index (χ0v) is 13.1. The topological polar surface area (TPSA) is 88.2 Å². The lowest BCUT2D eigenvalue weighted by molar-refractivity contribution is 0.0950. The second-order valence-electron chi connectivity index (χ2n) is 4.86. The van der Waals surface area contributed by atoms with E-state index in [1.165, 1.54) is 0 Å². The van der Waals surface area contributed by atoms with Crippen molar-refractivity contribution in [1.29, 1.82) is 0 Å². The minimum absolute atomic E-state index is 0.277. The minimum atomic E-state index is -3.39. The summed E-state index contributed by atoms with van der Waals surface area (Å²) in [5, 5.41) is 2.77. The van der Waals surface area contributed by atoms with Gasteiger partial charge in [-0.15, -0.1) is 0 Å². The van der Waals surface area contributed by atoms with Crippen molar-refractivity contribution in [2.45, 2.75) is 13.5 Å². The van der Waals surface area contributed by atoms with Gasteiger partial charge in [0.1, 0.15) is 0 Å². The van der Waals surface area contributed by atoms with Gasteiger partial charge in [0, 0.05) is 11.8 Å². The molecular weight excluding hydrogens is 302 g/mol. The summed E-state index contributed by atoms with van der Waals surface area (Å²) in [4.78, 5) is 16.4. The molecule has 0 spiro atoms. The lowest BCUT2D eigenvalue weighted by atomic mass is 10.1. The highest BCUT2D eigenvalue weighted by Crippen LogP contribution is 2.19. The van der Waals surface area contributed by atoms with Crippen LogP contribution in [0.1, 0.15) is 21.6 Å². The Balaban J connectivity index is 2.14. The summed E-state index contributed by atoms with van der Waals surface area (Å²) in [7, 11) is -3.39. The van der Waals surface area contributed by atoms with E-state index in [2.05, 4.69) is 15.0 Å². The molecular formula is C15H17N3O3S. The SMILES string of the molecule is Cc1c(NS(C)(=O)=O)cccc1C(=O)NCc1ccccn1. The van der Waals surface area contributed by atoms with E-state index >= 15 is 0 Å². The first-order chi connectivity index (χ1) is 10.4. The number of pyridine rings is 1. The summed E-state index contributed by atoms with van der Waals surface area (Å²) in [6, 6.07) is 10.4. The lowest BCUT2D eigenvalue weighted by Crippen LogP contribution is -2.24. The van der Waals surface area contributed by atoms with Gasteiger partial charge >= 0.3 is 0 Å².